The van der Waals surface area contributed by atoms with E-state index < -0.39 is 11.4 Å². The monoisotopic (exact) mass is 394 g/mol. The number of nitrogens with zero attached hydrogens (tertiary/aromatic N) is 1. The molecule has 0 unspecified atom stereocenters. The molecule has 7 N–H and O–H groups in total. The number of hydrogen-bond donors (Lipinski definition) is 5. The molecule has 1 aliphatic rings. The van der Waals surface area contributed by atoms with E-state index >= 15 is 0 Å². The summed E-state index contributed by atoms with van der Waals surface area (Å²) in [6.45, 7) is 3.84. The number of nitrogen functional groups attached to an aromatic ring is 2. The second-order valence-corrected chi connectivity index (χ2v) is 7.42. The van der Waals surface area contributed by atoms with Gasteiger partial charge in [-0.3, -0.25) is 4.79 Å². The predicted octanol–water partition coefficient (Wildman–Crippen LogP) is 2.67. The average Bonchev–Trinajstić information content (AvgIpc) is 2.72. The molecule has 0 spiro atoms. The van der Waals surface area contributed by atoms with Crippen molar-refractivity contribution in [3.05, 3.63) is 51.2 Å². The zero-order chi connectivity index (χ0) is 20.7. The van der Waals surface area contributed by atoms with E-state index in [9.17, 15) is 9.18 Å². The third kappa shape index (κ3) is 3.15. The van der Waals surface area contributed by atoms with Crippen LogP contribution in [0.2, 0.25) is 0 Å². The number of fused-ring (bicyclic) bond motifs is 1. The molecule has 0 amide bonds. The molecule has 0 radical (unpaired) electrons. The van der Waals surface area contributed by atoms with Crippen molar-refractivity contribution >= 4 is 28.6 Å². The number of anilines is 2. The molecule has 1 saturated heterocycles. The largest absolute Gasteiger partial charge is 0.396 e. The third-order valence-electron chi connectivity index (χ3n) is 5.62. The first-order valence-corrected chi connectivity index (χ1v) is 9.55. The Bertz CT molecular complexity index is 1180. The Labute approximate surface area is 166 Å². The number of hydrogen-bond acceptors (Lipinski definition) is 6. The zero-order valence-corrected chi connectivity index (χ0v) is 16.1. The van der Waals surface area contributed by atoms with Crippen molar-refractivity contribution in [3.8, 4) is 11.1 Å². The maximum atomic E-state index is 14.0. The Morgan fingerprint density at radius 3 is 2.66 bits per heavy atom. The van der Waals surface area contributed by atoms with Gasteiger partial charge in [0, 0.05) is 29.0 Å². The summed E-state index contributed by atoms with van der Waals surface area (Å²) < 4.78 is 14.0. The number of aromatic nitrogens is 2. The van der Waals surface area contributed by atoms with Crippen LogP contribution in [0.25, 0.3) is 22.2 Å². The standard InChI is InChI=1S/C21H23FN6O/c1-10-8-15-20(28-19(10)11-4-6-26-7-5-11)16(18(25)21(29)27-15)12-2-3-14(22)17(24)13(12)9-23/h2-3,8-9,11,23,26H,4-7,24-25H2,1H3,(H,27,29). The molecule has 4 rings (SSSR count). The van der Waals surface area contributed by atoms with Crippen LogP contribution >= 0.6 is 0 Å². The van der Waals surface area contributed by atoms with E-state index in [0.717, 1.165) is 43.4 Å². The van der Waals surface area contributed by atoms with Crippen LogP contribution in [0.4, 0.5) is 15.8 Å². The summed E-state index contributed by atoms with van der Waals surface area (Å²) in [5, 5.41) is 11.1. The normalized spacial score (nSPS) is 15.0. The average molecular weight is 394 g/mol. The highest BCUT2D eigenvalue weighted by Gasteiger charge is 2.23. The number of nitrogens with one attached hydrogen (secondary N) is 3. The number of benzene rings is 1. The fraction of sp³-hybridized carbons (Fsp3) is 0.286. The van der Waals surface area contributed by atoms with E-state index in [1.54, 1.807) is 0 Å². The molecule has 1 aromatic carbocycles. The lowest BCUT2D eigenvalue weighted by Crippen LogP contribution is -2.27. The highest BCUT2D eigenvalue weighted by atomic mass is 19.1. The van der Waals surface area contributed by atoms with Crippen molar-refractivity contribution in [1.29, 1.82) is 5.41 Å². The molecule has 0 aliphatic carbocycles. The highest BCUT2D eigenvalue weighted by Crippen LogP contribution is 2.37. The van der Waals surface area contributed by atoms with Crippen LogP contribution in [0.3, 0.4) is 0 Å². The van der Waals surface area contributed by atoms with E-state index in [2.05, 4.69) is 10.3 Å². The molecule has 0 bridgehead atoms. The molecular weight excluding hydrogens is 371 g/mol. The van der Waals surface area contributed by atoms with E-state index in [1.807, 2.05) is 13.0 Å². The van der Waals surface area contributed by atoms with E-state index in [4.69, 9.17) is 21.9 Å². The van der Waals surface area contributed by atoms with Crippen molar-refractivity contribution in [2.24, 2.45) is 0 Å². The van der Waals surface area contributed by atoms with Crippen molar-refractivity contribution in [2.45, 2.75) is 25.7 Å². The fourth-order valence-electron chi connectivity index (χ4n) is 4.11. The molecule has 0 saturated carbocycles. The Morgan fingerprint density at radius 1 is 1.24 bits per heavy atom. The second kappa shape index (κ2) is 7.29. The molecule has 3 aromatic rings. The highest BCUT2D eigenvalue weighted by molar-refractivity contribution is 6.05. The molecule has 7 nitrogen and oxygen atoms in total. The SMILES string of the molecule is Cc1cc2[nH]c(=O)c(N)c(-c3ccc(F)c(N)c3C=N)c2nc1C1CCNCC1. The zero-order valence-electron chi connectivity index (χ0n) is 16.1. The summed E-state index contributed by atoms with van der Waals surface area (Å²) in [6.07, 6.45) is 2.92. The minimum Gasteiger partial charge on any atom is -0.396 e. The first-order chi connectivity index (χ1) is 13.9. The van der Waals surface area contributed by atoms with Gasteiger partial charge in [-0.15, -0.1) is 0 Å². The number of halogens is 1. The summed E-state index contributed by atoms with van der Waals surface area (Å²) in [7, 11) is 0. The van der Waals surface area contributed by atoms with Crippen molar-refractivity contribution in [3.63, 3.8) is 0 Å². The molecule has 3 heterocycles. The number of H-pyrrole nitrogens is 1. The predicted molar refractivity (Wildman–Crippen MR) is 114 cm³/mol. The van der Waals surface area contributed by atoms with Gasteiger partial charge in [0.1, 0.15) is 11.5 Å². The Morgan fingerprint density at radius 2 is 1.97 bits per heavy atom. The number of aromatic amines is 1. The minimum atomic E-state index is -0.626. The van der Waals surface area contributed by atoms with Crippen LogP contribution in [-0.4, -0.2) is 29.3 Å². The number of pyridine rings is 2. The molecule has 29 heavy (non-hydrogen) atoms. The number of aryl methyl sites for hydroxylation is 1. The van der Waals surface area contributed by atoms with E-state index in [-0.39, 0.29) is 16.9 Å². The van der Waals surface area contributed by atoms with Gasteiger partial charge in [0.2, 0.25) is 0 Å². The lowest BCUT2D eigenvalue weighted by atomic mass is 9.90. The Hall–Kier alpha value is -3.26. The van der Waals surface area contributed by atoms with E-state index in [0.29, 0.717) is 28.1 Å². The van der Waals surface area contributed by atoms with Crippen molar-refractivity contribution < 1.29 is 4.39 Å². The number of rotatable bonds is 3. The Balaban J connectivity index is 2.05. The molecule has 0 atom stereocenters. The first kappa shape index (κ1) is 19.1. The maximum absolute atomic E-state index is 14.0. The Kier molecular flexibility index (Phi) is 4.79. The fourth-order valence-corrected chi connectivity index (χ4v) is 4.11. The summed E-state index contributed by atoms with van der Waals surface area (Å²) in [5.41, 5.74) is 15.4. The van der Waals surface area contributed by atoms with Gasteiger partial charge in [-0.25, -0.2) is 9.37 Å². The van der Waals surface area contributed by atoms with Crippen molar-refractivity contribution in [2.75, 3.05) is 24.6 Å². The van der Waals surface area contributed by atoms with Gasteiger partial charge in [-0.2, -0.15) is 0 Å². The van der Waals surface area contributed by atoms with E-state index in [1.165, 1.54) is 12.1 Å². The van der Waals surface area contributed by atoms with Gasteiger partial charge in [-0.05, 0) is 56.1 Å². The van der Waals surface area contributed by atoms with Crippen LogP contribution in [0.1, 0.15) is 35.6 Å². The van der Waals surface area contributed by atoms with Gasteiger partial charge >= 0.3 is 0 Å². The smallest absolute Gasteiger partial charge is 0.272 e. The summed E-state index contributed by atoms with van der Waals surface area (Å²) in [6, 6.07) is 4.61. The second-order valence-electron chi connectivity index (χ2n) is 7.42. The molecule has 2 aromatic heterocycles. The van der Waals surface area contributed by atoms with Gasteiger partial charge < -0.3 is 27.2 Å². The van der Waals surface area contributed by atoms with Gasteiger partial charge in [0.25, 0.3) is 5.56 Å². The first-order valence-electron chi connectivity index (χ1n) is 9.55. The van der Waals surface area contributed by atoms with Gasteiger partial charge in [-0.1, -0.05) is 6.07 Å². The minimum absolute atomic E-state index is 0.0285. The van der Waals surface area contributed by atoms with Crippen LogP contribution in [0.5, 0.6) is 0 Å². The molecule has 1 fully saturated rings. The number of nitrogens with two attached hydrogens (primary N) is 2. The lowest BCUT2D eigenvalue weighted by molar-refractivity contribution is 0.452. The molecule has 1 aliphatic heterocycles. The molecular formula is C21H23FN6O. The van der Waals surface area contributed by atoms with Crippen molar-refractivity contribution in [1.82, 2.24) is 15.3 Å². The van der Waals surface area contributed by atoms with Gasteiger partial charge in [0.05, 0.1) is 16.7 Å². The number of piperidine rings is 1. The third-order valence-corrected chi connectivity index (χ3v) is 5.62. The van der Waals surface area contributed by atoms with Crippen LogP contribution in [0, 0.1) is 18.2 Å². The van der Waals surface area contributed by atoms with Gasteiger partial charge in [0.15, 0.2) is 0 Å². The van der Waals surface area contributed by atoms with Crippen LogP contribution < -0.4 is 22.3 Å². The molecule has 150 valence electrons. The maximum Gasteiger partial charge on any atom is 0.272 e. The van der Waals surface area contributed by atoms with Crippen LogP contribution in [-0.2, 0) is 0 Å². The van der Waals surface area contributed by atoms with Crippen LogP contribution in [0.15, 0.2) is 23.0 Å². The molecule has 8 heteroatoms. The quantitative estimate of drug-likeness (QED) is 0.344. The summed E-state index contributed by atoms with van der Waals surface area (Å²) in [4.78, 5) is 20.2. The topological polar surface area (TPSA) is 134 Å². The summed E-state index contributed by atoms with van der Waals surface area (Å²) in [5.74, 6) is -0.318. The summed E-state index contributed by atoms with van der Waals surface area (Å²) >= 11 is 0. The lowest BCUT2D eigenvalue weighted by Gasteiger charge is -2.24.